The molecule has 3 heterocycles. The van der Waals surface area contributed by atoms with E-state index in [0.29, 0.717) is 0 Å². The van der Waals surface area contributed by atoms with Crippen LogP contribution in [0.15, 0.2) is 67.0 Å². The molecule has 5 rings (SSSR count). The maximum Gasteiger partial charge on any atom is 0.416 e. The lowest BCUT2D eigenvalue weighted by molar-refractivity contribution is -0.137. The predicted octanol–water partition coefficient (Wildman–Crippen LogP) is 4.83. The second kappa shape index (κ2) is 7.32. The minimum Gasteiger partial charge on any atom is -0.369 e. The summed E-state index contributed by atoms with van der Waals surface area (Å²) >= 11 is 0. The summed E-state index contributed by atoms with van der Waals surface area (Å²) in [5, 5.41) is 1.11. The summed E-state index contributed by atoms with van der Waals surface area (Å²) in [7, 11) is 0. The van der Waals surface area contributed by atoms with Crippen LogP contribution in [0.2, 0.25) is 0 Å². The Balaban J connectivity index is 1.26. The van der Waals surface area contributed by atoms with Crippen molar-refractivity contribution in [2.45, 2.75) is 12.7 Å². The first kappa shape index (κ1) is 18.9. The Morgan fingerprint density at radius 2 is 1.63 bits per heavy atom. The number of fused-ring (bicyclic) bond motifs is 3. The van der Waals surface area contributed by atoms with Gasteiger partial charge in [0.2, 0.25) is 0 Å². The highest BCUT2D eigenvalue weighted by molar-refractivity contribution is 5.80. The summed E-state index contributed by atoms with van der Waals surface area (Å²) < 4.78 is 40.4. The quantitative estimate of drug-likeness (QED) is 0.484. The van der Waals surface area contributed by atoms with Gasteiger partial charge in [0.05, 0.1) is 11.1 Å². The van der Waals surface area contributed by atoms with Crippen molar-refractivity contribution in [2.75, 3.05) is 31.1 Å². The number of para-hydroxylation sites is 1. The third-order valence-electron chi connectivity index (χ3n) is 5.73. The molecule has 0 bridgehead atoms. The Bertz CT molecular complexity index is 1170. The summed E-state index contributed by atoms with van der Waals surface area (Å²) in [5.74, 6) is 0. The molecule has 7 heteroatoms. The minimum absolute atomic E-state index is 0.605. The number of hydrogen-bond donors (Lipinski definition) is 0. The van der Waals surface area contributed by atoms with E-state index in [1.54, 1.807) is 12.1 Å². The van der Waals surface area contributed by atoms with E-state index < -0.39 is 11.7 Å². The first-order valence-electron chi connectivity index (χ1n) is 9.97. The second-order valence-corrected chi connectivity index (χ2v) is 7.70. The molecule has 0 aliphatic carbocycles. The molecule has 0 unspecified atom stereocenters. The molecule has 154 valence electrons. The number of halogens is 3. The SMILES string of the molecule is FC(F)(F)c1ccc(N2CCN(Cc3cc4ncc5ccccc5n4c3)CC2)cc1. The van der Waals surface area contributed by atoms with E-state index in [1.807, 2.05) is 18.3 Å². The van der Waals surface area contributed by atoms with Crippen molar-refractivity contribution in [2.24, 2.45) is 0 Å². The molecule has 4 aromatic rings. The molecule has 0 radical (unpaired) electrons. The summed E-state index contributed by atoms with van der Waals surface area (Å²) in [6.45, 7) is 4.14. The van der Waals surface area contributed by atoms with Crippen molar-refractivity contribution < 1.29 is 13.2 Å². The van der Waals surface area contributed by atoms with E-state index in [4.69, 9.17) is 0 Å². The molecule has 1 saturated heterocycles. The third-order valence-corrected chi connectivity index (χ3v) is 5.73. The smallest absolute Gasteiger partial charge is 0.369 e. The molecule has 1 aliphatic rings. The van der Waals surface area contributed by atoms with Gasteiger partial charge in [0.25, 0.3) is 0 Å². The monoisotopic (exact) mass is 410 g/mol. The Kier molecular flexibility index (Phi) is 4.62. The molecule has 30 heavy (non-hydrogen) atoms. The topological polar surface area (TPSA) is 23.8 Å². The lowest BCUT2D eigenvalue weighted by Crippen LogP contribution is -2.45. The molecule has 0 atom stereocenters. The standard InChI is InChI=1S/C23H21F3N4/c24-23(25,26)19-5-7-20(8-6-19)29-11-9-28(10-12-29)15-17-13-22-27-14-18-3-1-2-4-21(18)30(22)16-17/h1-8,13-14,16H,9-12,15H2. The number of aromatic nitrogens is 2. The number of alkyl halides is 3. The Morgan fingerprint density at radius 3 is 2.37 bits per heavy atom. The van der Waals surface area contributed by atoms with Gasteiger partial charge in [0, 0.05) is 56.2 Å². The van der Waals surface area contributed by atoms with Crippen molar-refractivity contribution in [1.82, 2.24) is 14.3 Å². The van der Waals surface area contributed by atoms with Crippen molar-refractivity contribution in [3.8, 4) is 0 Å². The molecular weight excluding hydrogens is 389 g/mol. The van der Waals surface area contributed by atoms with Crippen LogP contribution < -0.4 is 4.90 Å². The van der Waals surface area contributed by atoms with Gasteiger partial charge in [-0.2, -0.15) is 13.2 Å². The van der Waals surface area contributed by atoms with Crippen molar-refractivity contribution in [3.05, 3.63) is 78.1 Å². The van der Waals surface area contributed by atoms with Crippen LogP contribution in [0, 0.1) is 0 Å². The highest BCUT2D eigenvalue weighted by atomic mass is 19.4. The maximum atomic E-state index is 12.8. The molecular formula is C23H21F3N4. The highest BCUT2D eigenvalue weighted by Gasteiger charge is 2.30. The molecule has 1 aliphatic heterocycles. The Morgan fingerprint density at radius 1 is 0.900 bits per heavy atom. The molecule has 0 saturated carbocycles. The molecule has 0 N–H and O–H groups in total. The maximum absolute atomic E-state index is 12.8. The first-order chi connectivity index (χ1) is 14.5. The van der Waals surface area contributed by atoms with Crippen molar-refractivity contribution in [1.29, 1.82) is 0 Å². The highest BCUT2D eigenvalue weighted by Crippen LogP contribution is 2.30. The van der Waals surface area contributed by atoms with E-state index in [0.717, 1.165) is 67.1 Å². The zero-order valence-corrected chi connectivity index (χ0v) is 16.3. The Hall–Kier alpha value is -3.06. The fraction of sp³-hybridized carbons (Fsp3) is 0.261. The summed E-state index contributed by atoms with van der Waals surface area (Å²) in [5.41, 5.74) is 3.52. The summed E-state index contributed by atoms with van der Waals surface area (Å²) in [4.78, 5) is 9.07. The zero-order chi connectivity index (χ0) is 20.7. The molecule has 0 amide bonds. The fourth-order valence-electron chi connectivity index (χ4n) is 4.12. The summed E-state index contributed by atoms with van der Waals surface area (Å²) in [6, 6.07) is 15.8. The Labute approximate surface area is 172 Å². The lowest BCUT2D eigenvalue weighted by atomic mass is 10.1. The van der Waals surface area contributed by atoms with Gasteiger partial charge in [-0.05, 0) is 42.0 Å². The average Bonchev–Trinajstić information content (AvgIpc) is 3.17. The average molecular weight is 410 g/mol. The first-order valence-corrected chi connectivity index (χ1v) is 9.97. The third kappa shape index (κ3) is 3.61. The van der Waals surface area contributed by atoms with Gasteiger partial charge in [-0.3, -0.25) is 4.90 Å². The van der Waals surface area contributed by atoms with E-state index in [1.165, 1.54) is 5.56 Å². The van der Waals surface area contributed by atoms with Crippen LogP contribution in [0.25, 0.3) is 16.6 Å². The number of piperazine rings is 1. The van der Waals surface area contributed by atoms with E-state index in [-0.39, 0.29) is 0 Å². The van der Waals surface area contributed by atoms with Crippen molar-refractivity contribution >= 4 is 22.2 Å². The van der Waals surface area contributed by atoms with Gasteiger partial charge < -0.3 is 9.30 Å². The number of rotatable bonds is 3. The lowest BCUT2D eigenvalue weighted by Gasteiger charge is -2.36. The van der Waals surface area contributed by atoms with Gasteiger partial charge in [0.1, 0.15) is 5.65 Å². The normalized spacial score (nSPS) is 15.9. The van der Waals surface area contributed by atoms with Crippen LogP contribution in [-0.2, 0) is 12.7 Å². The van der Waals surface area contributed by atoms with E-state index in [9.17, 15) is 13.2 Å². The van der Waals surface area contributed by atoms with Crippen LogP contribution in [0.5, 0.6) is 0 Å². The van der Waals surface area contributed by atoms with Gasteiger partial charge in [-0.25, -0.2) is 4.98 Å². The van der Waals surface area contributed by atoms with Gasteiger partial charge >= 0.3 is 6.18 Å². The van der Waals surface area contributed by atoms with Gasteiger partial charge in [-0.1, -0.05) is 18.2 Å². The van der Waals surface area contributed by atoms with Crippen LogP contribution in [0.1, 0.15) is 11.1 Å². The largest absolute Gasteiger partial charge is 0.416 e. The second-order valence-electron chi connectivity index (χ2n) is 7.70. The van der Waals surface area contributed by atoms with Crippen LogP contribution in [-0.4, -0.2) is 40.5 Å². The molecule has 4 nitrogen and oxygen atoms in total. The van der Waals surface area contributed by atoms with E-state index in [2.05, 4.69) is 43.6 Å². The number of hydrogen-bond acceptors (Lipinski definition) is 3. The zero-order valence-electron chi connectivity index (χ0n) is 16.3. The minimum atomic E-state index is -4.29. The number of benzene rings is 2. The van der Waals surface area contributed by atoms with Crippen LogP contribution in [0.3, 0.4) is 0 Å². The fourth-order valence-corrected chi connectivity index (χ4v) is 4.12. The molecule has 1 fully saturated rings. The number of nitrogens with zero attached hydrogens (tertiary/aromatic N) is 4. The summed E-state index contributed by atoms with van der Waals surface area (Å²) in [6.07, 6.45) is -0.247. The van der Waals surface area contributed by atoms with E-state index >= 15 is 0 Å². The van der Waals surface area contributed by atoms with Crippen LogP contribution in [0.4, 0.5) is 18.9 Å². The number of anilines is 1. The predicted molar refractivity (Wildman–Crippen MR) is 112 cm³/mol. The van der Waals surface area contributed by atoms with Gasteiger partial charge in [-0.15, -0.1) is 0 Å². The molecule has 0 spiro atoms. The molecule has 2 aromatic heterocycles. The molecule has 2 aromatic carbocycles. The van der Waals surface area contributed by atoms with Crippen LogP contribution >= 0.6 is 0 Å². The van der Waals surface area contributed by atoms with Gasteiger partial charge in [0.15, 0.2) is 0 Å². The van der Waals surface area contributed by atoms with Crippen molar-refractivity contribution in [3.63, 3.8) is 0 Å².